The van der Waals surface area contributed by atoms with Gasteiger partial charge in [0.2, 0.25) is 0 Å². The Labute approximate surface area is 166 Å². The molecule has 0 radical (unpaired) electrons. The molecule has 0 saturated heterocycles. The van der Waals surface area contributed by atoms with Gasteiger partial charge in [0.15, 0.2) is 0 Å². The van der Waals surface area contributed by atoms with E-state index in [1.54, 1.807) is 14.2 Å². The zero-order valence-electron chi connectivity index (χ0n) is 17.1. The quantitative estimate of drug-likeness (QED) is 0.592. The first-order valence-corrected chi connectivity index (χ1v) is 9.69. The van der Waals surface area contributed by atoms with E-state index >= 15 is 0 Å². The summed E-state index contributed by atoms with van der Waals surface area (Å²) in [5, 5.41) is 1.60. The van der Waals surface area contributed by atoms with Crippen molar-refractivity contribution in [3.05, 3.63) is 59.0 Å². The number of nitrogens with zero attached hydrogens (tertiary/aromatic N) is 2. The number of hydrogen-bond donors (Lipinski definition) is 0. The third-order valence-corrected chi connectivity index (χ3v) is 5.25. The second-order valence-corrected chi connectivity index (χ2v) is 6.71. The second kappa shape index (κ2) is 8.93. The van der Waals surface area contributed by atoms with E-state index in [9.17, 15) is 4.79 Å². The second-order valence-electron chi connectivity index (χ2n) is 6.71. The number of hydrogen-bond acceptors (Lipinski definition) is 4. The number of rotatable bonds is 8. The maximum Gasteiger partial charge on any atom is 0.258 e. The molecule has 5 heteroatoms. The van der Waals surface area contributed by atoms with Crippen LogP contribution in [0.1, 0.15) is 13.8 Å². The third kappa shape index (κ3) is 4.04. The molecule has 0 bridgehead atoms. The van der Waals surface area contributed by atoms with Gasteiger partial charge in [0.25, 0.3) is 5.56 Å². The molecule has 0 fully saturated rings. The van der Waals surface area contributed by atoms with Crippen molar-refractivity contribution in [2.75, 3.05) is 33.9 Å². The molecule has 1 heterocycles. The number of aromatic nitrogens is 1. The van der Waals surface area contributed by atoms with E-state index in [4.69, 9.17) is 9.47 Å². The Balaban J connectivity index is 2.14. The Morgan fingerprint density at radius 3 is 2.14 bits per heavy atom. The number of likely N-dealkylation sites (N-methyl/N-ethyl adjacent to an activating group) is 1. The predicted molar refractivity (Wildman–Crippen MR) is 115 cm³/mol. The summed E-state index contributed by atoms with van der Waals surface area (Å²) in [6, 6.07) is 13.6. The summed E-state index contributed by atoms with van der Waals surface area (Å²) in [4.78, 5) is 15.5. The predicted octanol–water partition coefficient (Wildman–Crippen LogP) is 4.03. The van der Waals surface area contributed by atoms with Crippen molar-refractivity contribution in [3.63, 3.8) is 0 Å². The summed E-state index contributed by atoms with van der Waals surface area (Å²) in [5.74, 6) is 1.50. The van der Waals surface area contributed by atoms with E-state index < -0.39 is 0 Å². The lowest BCUT2D eigenvalue weighted by atomic mass is 10.00. The molecule has 2 aromatic carbocycles. The van der Waals surface area contributed by atoms with E-state index in [0.717, 1.165) is 41.9 Å². The van der Waals surface area contributed by atoms with Gasteiger partial charge in [0, 0.05) is 24.8 Å². The molecule has 0 saturated carbocycles. The van der Waals surface area contributed by atoms with Crippen molar-refractivity contribution in [2.45, 2.75) is 20.4 Å². The van der Waals surface area contributed by atoms with Crippen LogP contribution in [0.2, 0.25) is 0 Å². The average molecular weight is 380 g/mol. The van der Waals surface area contributed by atoms with E-state index in [2.05, 4.69) is 18.7 Å². The minimum Gasteiger partial charge on any atom is -0.497 e. The third-order valence-electron chi connectivity index (χ3n) is 5.25. The lowest BCUT2D eigenvalue weighted by molar-refractivity contribution is 0.289. The number of fused-ring (bicyclic) bond motifs is 1. The first kappa shape index (κ1) is 20.0. The molecular formula is C23H28N2O3. The number of benzene rings is 2. The van der Waals surface area contributed by atoms with Crippen LogP contribution in [0.25, 0.3) is 21.9 Å². The smallest absolute Gasteiger partial charge is 0.258 e. The molecule has 0 amide bonds. The lowest BCUT2D eigenvalue weighted by Gasteiger charge is -2.19. The van der Waals surface area contributed by atoms with Crippen molar-refractivity contribution in [2.24, 2.45) is 0 Å². The van der Waals surface area contributed by atoms with Crippen molar-refractivity contribution in [3.8, 4) is 22.6 Å². The zero-order chi connectivity index (χ0) is 20.1. The van der Waals surface area contributed by atoms with E-state index in [1.807, 2.05) is 53.2 Å². The molecule has 0 aliphatic carbocycles. The van der Waals surface area contributed by atoms with Gasteiger partial charge in [-0.15, -0.1) is 0 Å². The van der Waals surface area contributed by atoms with Crippen molar-refractivity contribution < 1.29 is 9.47 Å². The minimum absolute atomic E-state index is 0.0123. The molecular weight excluding hydrogens is 352 g/mol. The van der Waals surface area contributed by atoms with Gasteiger partial charge in [0.05, 0.1) is 19.6 Å². The molecule has 0 atom stereocenters. The summed E-state index contributed by atoms with van der Waals surface area (Å²) in [6.07, 6.45) is 1.97. The summed E-state index contributed by atoms with van der Waals surface area (Å²) in [6.45, 7) is 7.71. The van der Waals surface area contributed by atoms with Crippen LogP contribution in [0.15, 0.2) is 53.5 Å². The molecule has 3 rings (SSSR count). The van der Waals surface area contributed by atoms with Crippen LogP contribution in [0.4, 0.5) is 0 Å². The van der Waals surface area contributed by atoms with Crippen LogP contribution in [0.5, 0.6) is 11.5 Å². The van der Waals surface area contributed by atoms with E-state index in [0.29, 0.717) is 17.7 Å². The molecule has 148 valence electrons. The molecule has 0 aliphatic rings. The number of methoxy groups -OCH3 is 2. The van der Waals surface area contributed by atoms with Gasteiger partial charge >= 0.3 is 0 Å². The molecule has 3 aromatic rings. The number of ether oxygens (including phenoxy) is 2. The van der Waals surface area contributed by atoms with E-state index in [1.165, 1.54) is 0 Å². The largest absolute Gasteiger partial charge is 0.497 e. The van der Waals surface area contributed by atoms with Crippen molar-refractivity contribution in [1.29, 1.82) is 0 Å². The SMILES string of the molecule is CCN(CC)CCn1cc(-c2ccc(OC)cc2)c2ccc(OC)cc2c1=O. The molecule has 0 N–H and O–H groups in total. The Kier molecular flexibility index (Phi) is 6.37. The Morgan fingerprint density at radius 1 is 0.893 bits per heavy atom. The monoisotopic (exact) mass is 380 g/mol. The average Bonchev–Trinajstić information content (AvgIpc) is 2.75. The molecule has 28 heavy (non-hydrogen) atoms. The molecule has 0 spiro atoms. The normalized spacial score (nSPS) is 11.2. The molecule has 0 unspecified atom stereocenters. The Bertz CT molecular complexity index is 989. The molecule has 5 nitrogen and oxygen atoms in total. The van der Waals surface area contributed by atoms with Crippen LogP contribution >= 0.6 is 0 Å². The fourth-order valence-corrected chi connectivity index (χ4v) is 3.46. The summed E-state index contributed by atoms with van der Waals surface area (Å²) < 4.78 is 12.5. The van der Waals surface area contributed by atoms with E-state index in [-0.39, 0.29) is 5.56 Å². The van der Waals surface area contributed by atoms with Gasteiger partial charge in [-0.1, -0.05) is 26.0 Å². The maximum absolute atomic E-state index is 13.1. The number of pyridine rings is 1. The van der Waals surface area contributed by atoms with Gasteiger partial charge < -0.3 is 18.9 Å². The summed E-state index contributed by atoms with van der Waals surface area (Å²) >= 11 is 0. The standard InChI is InChI=1S/C23H28N2O3/c1-5-24(6-2)13-14-25-16-22(17-7-9-18(27-3)10-8-17)20-12-11-19(28-4)15-21(20)23(25)26/h7-12,15-16H,5-6,13-14H2,1-4H3. The fourth-order valence-electron chi connectivity index (χ4n) is 3.46. The van der Waals surface area contributed by atoms with Gasteiger partial charge in [-0.2, -0.15) is 0 Å². The molecule has 1 aromatic heterocycles. The highest BCUT2D eigenvalue weighted by Crippen LogP contribution is 2.30. The van der Waals surface area contributed by atoms with Crippen LogP contribution in [-0.2, 0) is 6.54 Å². The van der Waals surface area contributed by atoms with Crippen LogP contribution < -0.4 is 15.0 Å². The lowest BCUT2D eigenvalue weighted by Crippen LogP contribution is -2.30. The maximum atomic E-state index is 13.1. The summed E-state index contributed by atoms with van der Waals surface area (Å²) in [5.41, 5.74) is 2.09. The fraction of sp³-hybridized carbons (Fsp3) is 0.348. The topological polar surface area (TPSA) is 43.7 Å². The van der Waals surface area contributed by atoms with Crippen molar-refractivity contribution >= 4 is 10.8 Å². The van der Waals surface area contributed by atoms with Crippen LogP contribution in [0, 0.1) is 0 Å². The van der Waals surface area contributed by atoms with Crippen molar-refractivity contribution in [1.82, 2.24) is 9.47 Å². The summed E-state index contributed by atoms with van der Waals surface area (Å²) in [7, 11) is 3.28. The highest BCUT2D eigenvalue weighted by Gasteiger charge is 2.12. The van der Waals surface area contributed by atoms with Gasteiger partial charge in [-0.05, 0) is 54.4 Å². The highest BCUT2D eigenvalue weighted by molar-refractivity contribution is 5.96. The Hall–Kier alpha value is -2.79. The first-order valence-electron chi connectivity index (χ1n) is 9.69. The van der Waals surface area contributed by atoms with Crippen LogP contribution in [-0.4, -0.2) is 43.3 Å². The minimum atomic E-state index is 0.0123. The molecule has 0 aliphatic heterocycles. The zero-order valence-corrected chi connectivity index (χ0v) is 17.1. The van der Waals surface area contributed by atoms with Gasteiger partial charge in [-0.3, -0.25) is 4.79 Å². The van der Waals surface area contributed by atoms with Gasteiger partial charge in [0.1, 0.15) is 11.5 Å². The van der Waals surface area contributed by atoms with Crippen LogP contribution in [0.3, 0.4) is 0 Å². The highest BCUT2D eigenvalue weighted by atomic mass is 16.5. The first-order chi connectivity index (χ1) is 13.6. The van der Waals surface area contributed by atoms with Gasteiger partial charge in [-0.25, -0.2) is 0 Å². The Morgan fingerprint density at radius 2 is 1.54 bits per heavy atom.